The summed E-state index contributed by atoms with van der Waals surface area (Å²) < 4.78 is 0. The first kappa shape index (κ1) is 15.5. The maximum absolute atomic E-state index is 4.90. The normalized spacial score (nSPS) is 17.6. The van der Waals surface area contributed by atoms with E-state index in [-0.39, 0.29) is 0 Å². The highest BCUT2D eigenvalue weighted by atomic mass is 15.4. The monoisotopic (exact) mass is 331 g/mol. The SMILES string of the molecule is C=C(Nc1ccccn1)N1c2nc(CC#CC)ccc2N2CCC1C2. The quantitative estimate of drug-likeness (QED) is 0.873. The topological polar surface area (TPSA) is 44.3 Å². The predicted octanol–water partition coefficient (Wildman–Crippen LogP) is 3.02. The first-order valence-electron chi connectivity index (χ1n) is 8.57. The number of anilines is 3. The first-order chi connectivity index (χ1) is 12.3. The predicted molar refractivity (Wildman–Crippen MR) is 101 cm³/mol. The molecule has 4 rings (SSSR count). The van der Waals surface area contributed by atoms with Gasteiger partial charge in [-0.3, -0.25) is 0 Å². The molecule has 0 amide bonds. The summed E-state index contributed by atoms with van der Waals surface area (Å²) in [5.41, 5.74) is 2.16. The number of hydrogen-bond acceptors (Lipinski definition) is 5. The minimum absolute atomic E-state index is 0.385. The highest BCUT2D eigenvalue weighted by Gasteiger charge is 2.38. The number of nitrogens with one attached hydrogen (secondary N) is 1. The molecule has 0 saturated carbocycles. The minimum Gasteiger partial charge on any atom is -0.366 e. The van der Waals surface area contributed by atoms with E-state index in [9.17, 15) is 0 Å². The Morgan fingerprint density at radius 1 is 1.36 bits per heavy atom. The van der Waals surface area contributed by atoms with Crippen molar-refractivity contribution < 1.29 is 0 Å². The van der Waals surface area contributed by atoms with E-state index in [2.05, 4.69) is 50.7 Å². The molecule has 1 saturated heterocycles. The van der Waals surface area contributed by atoms with E-state index >= 15 is 0 Å². The van der Waals surface area contributed by atoms with E-state index in [0.29, 0.717) is 12.5 Å². The van der Waals surface area contributed by atoms with Crippen molar-refractivity contribution in [3.8, 4) is 11.8 Å². The van der Waals surface area contributed by atoms with Crippen LogP contribution < -0.4 is 15.1 Å². The molecule has 5 heteroatoms. The molecule has 1 N–H and O–H groups in total. The van der Waals surface area contributed by atoms with E-state index in [1.807, 2.05) is 25.1 Å². The number of pyridine rings is 2. The van der Waals surface area contributed by atoms with Crippen molar-refractivity contribution in [2.24, 2.45) is 0 Å². The van der Waals surface area contributed by atoms with Gasteiger partial charge in [-0.1, -0.05) is 18.6 Å². The molecule has 25 heavy (non-hydrogen) atoms. The van der Waals surface area contributed by atoms with Gasteiger partial charge in [0.25, 0.3) is 0 Å². The van der Waals surface area contributed by atoms with Gasteiger partial charge in [0.05, 0.1) is 23.8 Å². The summed E-state index contributed by atoms with van der Waals surface area (Å²) in [6.07, 6.45) is 3.54. The molecule has 2 aromatic heterocycles. The lowest BCUT2D eigenvalue weighted by Gasteiger charge is -2.38. The van der Waals surface area contributed by atoms with E-state index < -0.39 is 0 Å². The fourth-order valence-corrected chi connectivity index (χ4v) is 3.52. The molecule has 1 fully saturated rings. The van der Waals surface area contributed by atoms with Gasteiger partial charge in [0.2, 0.25) is 0 Å². The van der Waals surface area contributed by atoms with Crippen LogP contribution in [-0.2, 0) is 6.42 Å². The molecular formula is C20H21N5. The molecule has 0 aliphatic carbocycles. The molecule has 2 aliphatic rings. The van der Waals surface area contributed by atoms with Gasteiger partial charge in [0.15, 0.2) is 5.82 Å². The van der Waals surface area contributed by atoms with Gasteiger partial charge in [-0.2, -0.15) is 0 Å². The number of rotatable bonds is 4. The van der Waals surface area contributed by atoms with Crippen LogP contribution in [0.25, 0.3) is 0 Å². The highest BCUT2D eigenvalue weighted by Crippen LogP contribution is 2.40. The van der Waals surface area contributed by atoms with E-state index in [1.165, 1.54) is 5.69 Å². The summed E-state index contributed by atoms with van der Waals surface area (Å²) in [5, 5.41) is 3.33. The van der Waals surface area contributed by atoms with Gasteiger partial charge in [-0.25, -0.2) is 9.97 Å². The van der Waals surface area contributed by atoms with Gasteiger partial charge in [-0.05, 0) is 37.6 Å². The molecule has 0 spiro atoms. The van der Waals surface area contributed by atoms with Crippen LogP contribution in [-0.4, -0.2) is 29.1 Å². The van der Waals surface area contributed by atoms with Crippen LogP contribution in [0.3, 0.4) is 0 Å². The van der Waals surface area contributed by atoms with Crippen molar-refractivity contribution >= 4 is 17.3 Å². The number of hydrogen-bond donors (Lipinski definition) is 1. The molecule has 4 heterocycles. The van der Waals surface area contributed by atoms with Crippen LogP contribution in [0.5, 0.6) is 0 Å². The summed E-state index contributed by atoms with van der Waals surface area (Å²) >= 11 is 0. The second kappa shape index (κ2) is 6.48. The lowest BCUT2D eigenvalue weighted by Crippen LogP contribution is -2.43. The Bertz CT molecular complexity index is 849. The first-order valence-corrected chi connectivity index (χ1v) is 8.57. The smallest absolute Gasteiger partial charge is 0.158 e. The Labute approximate surface area is 148 Å². The lowest BCUT2D eigenvalue weighted by molar-refractivity contribution is 0.674. The second-order valence-corrected chi connectivity index (χ2v) is 6.29. The standard InChI is InChI=1S/C20H21N5/c1-3-4-7-16-9-10-18-20(23-16)25(17-11-13-24(18)14-17)15(2)22-19-8-5-6-12-21-19/h5-6,8-10,12,17H,2,7,11,13-14H2,1H3,(H,21,22). The zero-order valence-electron chi connectivity index (χ0n) is 14.4. The fraction of sp³-hybridized carbons (Fsp3) is 0.300. The number of aromatic nitrogens is 2. The number of nitrogens with zero attached hydrogens (tertiary/aromatic N) is 4. The Kier molecular flexibility index (Phi) is 4.02. The Morgan fingerprint density at radius 2 is 2.28 bits per heavy atom. The average Bonchev–Trinajstić information content (AvgIpc) is 3.05. The zero-order valence-corrected chi connectivity index (χ0v) is 14.4. The van der Waals surface area contributed by atoms with Crippen LogP contribution in [0.1, 0.15) is 19.0 Å². The molecule has 2 bridgehead atoms. The zero-order chi connectivity index (χ0) is 17.2. The third kappa shape index (κ3) is 2.91. The molecule has 0 radical (unpaired) electrons. The summed E-state index contributed by atoms with van der Waals surface area (Å²) in [6, 6.07) is 10.4. The highest BCUT2D eigenvalue weighted by molar-refractivity contribution is 5.75. The van der Waals surface area contributed by atoms with Crippen LogP contribution in [0, 0.1) is 11.8 Å². The van der Waals surface area contributed by atoms with Crippen molar-refractivity contribution in [2.45, 2.75) is 25.8 Å². The average molecular weight is 331 g/mol. The molecule has 1 atom stereocenters. The summed E-state index contributed by atoms with van der Waals surface area (Å²) in [4.78, 5) is 13.9. The van der Waals surface area contributed by atoms with Gasteiger partial charge < -0.3 is 15.1 Å². The van der Waals surface area contributed by atoms with Crippen molar-refractivity contribution in [3.63, 3.8) is 0 Å². The molecular weight excluding hydrogens is 310 g/mol. The van der Waals surface area contributed by atoms with Crippen LogP contribution >= 0.6 is 0 Å². The van der Waals surface area contributed by atoms with Crippen molar-refractivity contribution in [1.29, 1.82) is 0 Å². The van der Waals surface area contributed by atoms with E-state index in [4.69, 9.17) is 4.98 Å². The van der Waals surface area contributed by atoms with Crippen LogP contribution in [0.4, 0.5) is 17.3 Å². The summed E-state index contributed by atoms with van der Waals surface area (Å²) in [6.45, 7) is 8.19. The van der Waals surface area contributed by atoms with Gasteiger partial charge in [0.1, 0.15) is 11.6 Å². The molecule has 2 aromatic rings. The fourth-order valence-electron chi connectivity index (χ4n) is 3.52. The third-order valence-corrected chi connectivity index (χ3v) is 4.68. The second-order valence-electron chi connectivity index (χ2n) is 6.29. The van der Waals surface area contributed by atoms with Crippen molar-refractivity contribution in [2.75, 3.05) is 28.2 Å². The molecule has 2 aliphatic heterocycles. The Hall–Kier alpha value is -3.00. The molecule has 0 aromatic carbocycles. The van der Waals surface area contributed by atoms with Crippen molar-refractivity contribution in [3.05, 3.63) is 54.6 Å². The Morgan fingerprint density at radius 3 is 3.08 bits per heavy atom. The number of fused-ring (bicyclic) bond motifs is 4. The maximum Gasteiger partial charge on any atom is 0.158 e. The van der Waals surface area contributed by atoms with Gasteiger partial charge >= 0.3 is 0 Å². The van der Waals surface area contributed by atoms with Gasteiger partial charge in [0, 0.05) is 19.3 Å². The van der Waals surface area contributed by atoms with Gasteiger partial charge in [-0.15, -0.1) is 5.92 Å². The summed E-state index contributed by atoms with van der Waals surface area (Å²) in [5.74, 6) is 8.62. The maximum atomic E-state index is 4.90. The third-order valence-electron chi connectivity index (χ3n) is 4.68. The van der Waals surface area contributed by atoms with E-state index in [1.54, 1.807) is 6.20 Å². The van der Waals surface area contributed by atoms with Crippen LogP contribution in [0.15, 0.2) is 48.9 Å². The lowest BCUT2D eigenvalue weighted by atomic mass is 10.1. The van der Waals surface area contributed by atoms with Crippen molar-refractivity contribution in [1.82, 2.24) is 9.97 Å². The largest absolute Gasteiger partial charge is 0.366 e. The van der Waals surface area contributed by atoms with E-state index in [0.717, 1.165) is 42.7 Å². The molecule has 1 unspecified atom stereocenters. The molecule has 126 valence electrons. The minimum atomic E-state index is 0.385. The van der Waals surface area contributed by atoms with Crippen LogP contribution in [0.2, 0.25) is 0 Å². The molecule has 5 nitrogen and oxygen atoms in total. The summed E-state index contributed by atoms with van der Waals surface area (Å²) in [7, 11) is 0. The Balaban J connectivity index is 1.68.